The Morgan fingerprint density at radius 2 is 1.87 bits per heavy atom. The SMILES string of the molecule is Cc1cc(C(=O)N(C)[C@H](c2ccc(Cl)cc2)C(F)(F)F)nn1C. The van der Waals surface area contributed by atoms with Crippen LogP contribution in [0.5, 0.6) is 0 Å². The summed E-state index contributed by atoms with van der Waals surface area (Å²) in [5.41, 5.74) is 0.581. The average molecular weight is 346 g/mol. The maximum Gasteiger partial charge on any atom is 0.413 e. The van der Waals surface area contributed by atoms with Gasteiger partial charge >= 0.3 is 6.18 Å². The van der Waals surface area contributed by atoms with Gasteiger partial charge in [-0.25, -0.2) is 0 Å². The van der Waals surface area contributed by atoms with Gasteiger partial charge in [-0.1, -0.05) is 23.7 Å². The standard InChI is InChI=1S/C15H15ClF3N3O/c1-9-8-12(20-22(9)3)14(23)21(2)13(15(17,18)19)10-4-6-11(16)7-5-10/h4-8,13H,1-3H3/t13-/m1/s1. The van der Waals surface area contributed by atoms with Crippen molar-refractivity contribution in [2.24, 2.45) is 7.05 Å². The zero-order valence-corrected chi connectivity index (χ0v) is 13.5. The molecule has 124 valence electrons. The van der Waals surface area contributed by atoms with E-state index in [1.54, 1.807) is 14.0 Å². The Hall–Kier alpha value is -2.02. The first-order chi connectivity index (χ1) is 10.6. The molecule has 0 radical (unpaired) electrons. The van der Waals surface area contributed by atoms with Crippen LogP contribution in [-0.4, -0.2) is 33.8 Å². The molecule has 1 atom stereocenters. The molecule has 0 N–H and O–H groups in total. The smallest absolute Gasteiger partial charge is 0.324 e. The Bertz CT molecular complexity index is 690. The average Bonchev–Trinajstić information content (AvgIpc) is 2.78. The molecule has 1 heterocycles. The number of amides is 1. The van der Waals surface area contributed by atoms with Crippen LogP contribution in [0.1, 0.15) is 27.8 Å². The van der Waals surface area contributed by atoms with Gasteiger partial charge in [-0.05, 0) is 30.7 Å². The van der Waals surface area contributed by atoms with E-state index in [4.69, 9.17) is 11.6 Å². The third-order valence-electron chi connectivity index (χ3n) is 3.54. The van der Waals surface area contributed by atoms with Crippen LogP contribution in [0.2, 0.25) is 5.02 Å². The number of rotatable bonds is 3. The number of benzene rings is 1. The van der Waals surface area contributed by atoms with E-state index >= 15 is 0 Å². The lowest BCUT2D eigenvalue weighted by Crippen LogP contribution is -2.40. The summed E-state index contributed by atoms with van der Waals surface area (Å²) in [6.07, 6.45) is -4.62. The van der Waals surface area contributed by atoms with Gasteiger partial charge in [-0.2, -0.15) is 18.3 Å². The summed E-state index contributed by atoms with van der Waals surface area (Å²) in [5.74, 6) is -0.800. The molecule has 0 aliphatic carbocycles. The molecule has 0 fully saturated rings. The number of aryl methyl sites for hydroxylation is 2. The molecule has 0 aliphatic heterocycles. The van der Waals surface area contributed by atoms with Crippen LogP contribution in [0.15, 0.2) is 30.3 Å². The Morgan fingerprint density at radius 1 is 1.30 bits per heavy atom. The quantitative estimate of drug-likeness (QED) is 0.849. The summed E-state index contributed by atoms with van der Waals surface area (Å²) in [5, 5.41) is 4.26. The Morgan fingerprint density at radius 3 is 2.30 bits per heavy atom. The van der Waals surface area contributed by atoms with Crippen LogP contribution >= 0.6 is 11.6 Å². The Labute approximate surface area is 136 Å². The molecule has 1 amide bonds. The third kappa shape index (κ3) is 3.67. The van der Waals surface area contributed by atoms with E-state index in [9.17, 15) is 18.0 Å². The van der Waals surface area contributed by atoms with Crippen molar-refractivity contribution in [2.45, 2.75) is 19.1 Å². The zero-order valence-electron chi connectivity index (χ0n) is 12.7. The van der Waals surface area contributed by atoms with E-state index in [0.717, 1.165) is 7.05 Å². The van der Waals surface area contributed by atoms with Gasteiger partial charge in [-0.15, -0.1) is 0 Å². The first-order valence-corrected chi connectivity index (χ1v) is 7.09. The Kier molecular flexibility index (Phi) is 4.70. The van der Waals surface area contributed by atoms with Gasteiger partial charge in [0.1, 0.15) is 0 Å². The number of alkyl halides is 3. The van der Waals surface area contributed by atoms with Gasteiger partial charge in [0.05, 0.1) is 0 Å². The molecule has 0 bridgehead atoms. The van der Waals surface area contributed by atoms with Crippen molar-refractivity contribution in [1.29, 1.82) is 0 Å². The maximum atomic E-state index is 13.5. The fraction of sp³-hybridized carbons (Fsp3) is 0.333. The molecular weight excluding hydrogens is 331 g/mol. The molecular formula is C15H15ClF3N3O. The summed E-state index contributed by atoms with van der Waals surface area (Å²) in [6, 6.07) is 4.61. The van der Waals surface area contributed by atoms with Crippen LogP contribution in [0.25, 0.3) is 0 Å². The number of nitrogens with zero attached hydrogens (tertiary/aromatic N) is 3. The summed E-state index contributed by atoms with van der Waals surface area (Å²) in [6.45, 7) is 1.71. The van der Waals surface area contributed by atoms with Crippen LogP contribution in [-0.2, 0) is 7.05 Å². The summed E-state index contributed by atoms with van der Waals surface area (Å²) < 4.78 is 41.8. The molecule has 2 rings (SSSR count). The molecule has 0 saturated heterocycles. The minimum atomic E-state index is -4.62. The Balaban J connectivity index is 2.39. The van der Waals surface area contributed by atoms with E-state index in [1.807, 2.05) is 0 Å². The molecule has 0 spiro atoms. The van der Waals surface area contributed by atoms with E-state index < -0.39 is 18.1 Å². The van der Waals surface area contributed by atoms with Gasteiger partial charge in [-0.3, -0.25) is 9.48 Å². The van der Waals surface area contributed by atoms with Gasteiger partial charge in [0, 0.05) is 24.8 Å². The minimum absolute atomic E-state index is 0.0317. The highest BCUT2D eigenvalue weighted by atomic mass is 35.5. The lowest BCUT2D eigenvalue weighted by atomic mass is 10.0. The third-order valence-corrected chi connectivity index (χ3v) is 3.79. The van der Waals surface area contributed by atoms with Crippen molar-refractivity contribution in [3.05, 3.63) is 52.3 Å². The van der Waals surface area contributed by atoms with Gasteiger partial charge in [0.2, 0.25) is 0 Å². The summed E-state index contributed by atoms with van der Waals surface area (Å²) in [7, 11) is 2.73. The van der Waals surface area contributed by atoms with Crippen molar-refractivity contribution < 1.29 is 18.0 Å². The molecule has 1 aromatic heterocycles. The van der Waals surface area contributed by atoms with Crippen LogP contribution in [0.3, 0.4) is 0 Å². The van der Waals surface area contributed by atoms with Crippen molar-refractivity contribution in [3.63, 3.8) is 0 Å². The zero-order chi connectivity index (χ0) is 17.4. The highest BCUT2D eigenvalue weighted by Crippen LogP contribution is 2.37. The predicted octanol–water partition coefficient (Wildman–Crippen LogP) is 3.76. The second kappa shape index (κ2) is 6.23. The van der Waals surface area contributed by atoms with Crippen molar-refractivity contribution >= 4 is 17.5 Å². The fourth-order valence-electron chi connectivity index (χ4n) is 2.24. The van der Waals surface area contributed by atoms with Crippen molar-refractivity contribution in [3.8, 4) is 0 Å². The lowest BCUT2D eigenvalue weighted by Gasteiger charge is -2.30. The largest absolute Gasteiger partial charge is 0.413 e. The van der Waals surface area contributed by atoms with E-state index in [2.05, 4.69) is 5.10 Å². The first-order valence-electron chi connectivity index (χ1n) is 6.71. The number of carbonyl (C=O) groups is 1. The fourth-order valence-corrected chi connectivity index (χ4v) is 2.37. The molecule has 23 heavy (non-hydrogen) atoms. The molecule has 2 aromatic rings. The van der Waals surface area contributed by atoms with Gasteiger partial charge in [0.15, 0.2) is 11.7 Å². The highest BCUT2D eigenvalue weighted by molar-refractivity contribution is 6.30. The van der Waals surface area contributed by atoms with Gasteiger partial charge in [0.25, 0.3) is 5.91 Å². The number of aromatic nitrogens is 2. The van der Waals surface area contributed by atoms with Crippen molar-refractivity contribution in [2.75, 3.05) is 7.05 Å². The maximum absolute atomic E-state index is 13.5. The van der Waals surface area contributed by atoms with Crippen molar-refractivity contribution in [1.82, 2.24) is 14.7 Å². The summed E-state index contributed by atoms with van der Waals surface area (Å²) >= 11 is 5.71. The molecule has 0 unspecified atom stereocenters. The molecule has 0 saturated carbocycles. The molecule has 4 nitrogen and oxygen atoms in total. The minimum Gasteiger partial charge on any atom is -0.324 e. The highest BCUT2D eigenvalue weighted by Gasteiger charge is 2.45. The first kappa shape index (κ1) is 17.3. The second-order valence-corrected chi connectivity index (χ2v) is 5.64. The number of hydrogen-bond donors (Lipinski definition) is 0. The van der Waals surface area contributed by atoms with Gasteiger partial charge < -0.3 is 4.90 Å². The van der Waals surface area contributed by atoms with Crippen LogP contribution in [0, 0.1) is 6.92 Å². The second-order valence-electron chi connectivity index (χ2n) is 5.21. The number of halogens is 4. The predicted molar refractivity (Wildman–Crippen MR) is 80.3 cm³/mol. The molecule has 0 aliphatic rings. The number of carbonyl (C=O) groups excluding carboxylic acids is 1. The van der Waals surface area contributed by atoms with E-state index in [1.165, 1.54) is 35.0 Å². The normalized spacial score (nSPS) is 13.0. The monoisotopic (exact) mass is 345 g/mol. The molecule has 1 aromatic carbocycles. The van der Waals surface area contributed by atoms with E-state index in [0.29, 0.717) is 15.6 Å². The molecule has 8 heteroatoms. The number of hydrogen-bond acceptors (Lipinski definition) is 2. The topological polar surface area (TPSA) is 38.1 Å². The van der Waals surface area contributed by atoms with Crippen LogP contribution < -0.4 is 0 Å². The lowest BCUT2D eigenvalue weighted by molar-refractivity contribution is -0.176. The van der Waals surface area contributed by atoms with Crippen LogP contribution in [0.4, 0.5) is 13.2 Å². The van der Waals surface area contributed by atoms with E-state index in [-0.39, 0.29) is 11.3 Å². The summed E-state index contributed by atoms with van der Waals surface area (Å²) in [4.78, 5) is 13.0.